The summed E-state index contributed by atoms with van der Waals surface area (Å²) in [5.74, 6) is 1.07. The molecule has 0 radical (unpaired) electrons. The molecule has 0 saturated heterocycles. The molecule has 22 heavy (non-hydrogen) atoms. The highest BCUT2D eigenvalue weighted by atomic mass is 32.1. The number of hydrogen-bond donors (Lipinski definition) is 1. The minimum Gasteiger partial charge on any atom is -0.179 e. The highest BCUT2D eigenvalue weighted by molar-refractivity contribution is 7.80. The van der Waals surface area contributed by atoms with Crippen molar-refractivity contribution in [3.8, 4) is 0 Å². The monoisotopic (exact) mass is 328 g/mol. The molecule has 0 rings (SSSR count). The fourth-order valence-electron chi connectivity index (χ4n) is 3.19. The van der Waals surface area contributed by atoms with Gasteiger partial charge in [-0.25, -0.2) is 0 Å². The van der Waals surface area contributed by atoms with Gasteiger partial charge in [-0.2, -0.15) is 12.6 Å². The van der Waals surface area contributed by atoms with Crippen molar-refractivity contribution in [1.82, 2.24) is 0 Å². The van der Waals surface area contributed by atoms with Crippen molar-refractivity contribution in [1.29, 1.82) is 0 Å². The maximum atomic E-state index is 4.26. The molecule has 0 fully saturated rings. The van der Waals surface area contributed by atoms with Gasteiger partial charge in [-0.15, -0.1) is 0 Å². The summed E-state index contributed by atoms with van der Waals surface area (Å²) in [4.78, 5) is 0. The Bertz CT molecular complexity index is 159. The van der Waals surface area contributed by atoms with E-state index in [4.69, 9.17) is 0 Å². The Morgan fingerprint density at radius 2 is 0.591 bits per heavy atom. The van der Waals surface area contributed by atoms with Gasteiger partial charge in [0.05, 0.1) is 0 Å². The number of unbranched alkanes of at least 4 members (excludes halogenated alkanes) is 18. The summed E-state index contributed by atoms with van der Waals surface area (Å²) in [7, 11) is 0. The van der Waals surface area contributed by atoms with Gasteiger partial charge in [0, 0.05) is 0 Å². The molecule has 0 atom stereocenters. The maximum Gasteiger partial charge on any atom is -0.00979 e. The van der Waals surface area contributed by atoms with Gasteiger partial charge in [0.15, 0.2) is 0 Å². The Labute approximate surface area is 147 Å². The van der Waals surface area contributed by atoms with E-state index in [2.05, 4.69) is 19.6 Å². The van der Waals surface area contributed by atoms with Crippen molar-refractivity contribution >= 4 is 12.6 Å². The van der Waals surface area contributed by atoms with E-state index in [1.807, 2.05) is 0 Å². The third-order valence-electron chi connectivity index (χ3n) is 4.76. The summed E-state index contributed by atoms with van der Waals surface area (Å²) in [6, 6.07) is 0. The van der Waals surface area contributed by atoms with Crippen LogP contribution in [0.3, 0.4) is 0 Å². The second-order valence-corrected chi connectivity index (χ2v) is 7.53. The van der Waals surface area contributed by atoms with Crippen LogP contribution in [0.1, 0.15) is 129 Å². The smallest absolute Gasteiger partial charge is 0.00979 e. The third-order valence-corrected chi connectivity index (χ3v) is 5.08. The molecule has 0 aromatic carbocycles. The molecule has 0 aliphatic carbocycles. The molecule has 134 valence electrons. The van der Waals surface area contributed by atoms with E-state index in [9.17, 15) is 0 Å². The summed E-state index contributed by atoms with van der Waals surface area (Å²) >= 11 is 4.26. The van der Waals surface area contributed by atoms with Crippen LogP contribution in [0.4, 0.5) is 0 Å². The quantitative estimate of drug-likeness (QED) is 0.179. The van der Waals surface area contributed by atoms with E-state index in [1.165, 1.54) is 122 Å². The van der Waals surface area contributed by atoms with Gasteiger partial charge < -0.3 is 0 Å². The Balaban J connectivity index is 2.91. The van der Waals surface area contributed by atoms with Crippen molar-refractivity contribution in [3.63, 3.8) is 0 Å². The predicted molar refractivity (Wildman–Crippen MR) is 107 cm³/mol. The zero-order valence-electron chi connectivity index (χ0n) is 15.6. The van der Waals surface area contributed by atoms with Crippen molar-refractivity contribution in [3.05, 3.63) is 0 Å². The maximum absolute atomic E-state index is 4.26. The van der Waals surface area contributed by atoms with Crippen molar-refractivity contribution in [2.45, 2.75) is 129 Å². The van der Waals surface area contributed by atoms with Crippen LogP contribution in [0.5, 0.6) is 0 Å². The van der Waals surface area contributed by atoms with Crippen LogP contribution < -0.4 is 0 Å². The molecule has 1 heteroatoms. The second kappa shape index (κ2) is 21.4. The fraction of sp³-hybridized carbons (Fsp3) is 1.00. The minimum absolute atomic E-state index is 1.07. The zero-order chi connectivity index (χ0) is 16.1. The van der Waals surface area contributed by atoms with E-state index < -0.39 is 0 Å². The predicted octanol–water partition coefficient (Wildman–Crippen LogP) is 8.35. The largest absolute Gasteiger partial charge is 0.179 e. The highest BCUT2D eigenvalue weighted by Gasteiger charge is 1.94. The molecule has 0 nitrogen and oxygen atoms in total. The first-order valence-electron chi connectivity index (χ1n) is 10.5. The molecule has 0 aromatic rings. The molecule has 0 saturated carbocycles. The average Bonchev–Trinajstić information content (AvgIpc) is 2.54. The summed E-state index contributed by atoms with van der Waals surface area (Å²) in [6.07, 6.45) is 27.6. The van der Waals surface area contributed by atoms with E-state index in [0.717, 1.165) is 5.75 Å². The summed E-state index contributed by atoms with van der Waals surface area (Å²) in [6.45, 7) is 2.30. The van der Waals surface area contributed by atoms with Gasteiger partial charge in [0.1, 0.15) is 0 Å². The lowest BCUT2D eigenvalue weighted by atomic mass is 10.0. The van der Waals surface area contributed by atoms with Crippen LogP contribution in [-0.2, 0) is 0 Å². The van der Waals surface area contributed by atoms with Gasteiger partial charge in [-0.1, -0.05) is 122 Å². The fourth-order valence-corrected chi connectivity index (χ4v) is 3.41. The van der Waals surface area contributed by atoms with E-state index in [1.54, 1.807) is 0 Å². The van der Waals surface area contributed by atoms with Crippen molar-refractivity contribution in [2.24, 2.45) is 0 Å². The molecule has 0 unspecified atom stereocenters. The second-order valence-electron chi connectivity index (χ2n) is 7.09. The molecule has 0 aliphatic rings. The van der Waals surface area contributed by atoms with Gasteiger partial charge in [0.2, 0.25) is 0 Å². The van der Waals surface area contributed by atoms with Crippen LogP contribution >= 0.6 is 12.6 Å². The standard InChI is InChI=1S/C21H44S/c1-2-3-4-5-6-7-8-9-10-11-12-13-14-15-16-17-18-19-20-21-22/h22H,2-21H2,1H3. The van der Waals surface area contributed by atoms with Crippen molar-refractivity contribution < 1.29 is 0 Å². The third kappa shape index (κ3) is 20.3. The van der Waals surface area contributed by atoms with Gasteiger partial charge in [0.25, 0.3) is 0 Å². The lowest BCUT2D eigenvalue weighted by Gasteiger charge is -2.03. The van der Waals surface area contributed by atoms with Crippen molar-refractivity contribution in [2.75, 3.05) is 5.75 Å². The average molecular weight is 329 g/mol. The molecule has 0 heterocycles. The lowest BCUT2D eigenvalue weighted by Crippen LogP contribution is -1.84. The topological polar surface area (TPSA) is 0 Å². The Morgan fingerprint density at radius 3 is 0.818 bits per heavy atom. The van der Waals surface area contributed by atoms with E-state index in [0.29, 0.717) is 0 Å². The normalized spacial score (nSPS) is 11.2. The molecular weight excluding hydrogens is 284 g/mol. The Hall–Kier alpha value is 0.350. The first kappa shape index (κ1) is 22.4. The van der Waals surface area contributed by atoms with Crippen LogP contribution in [0.25, 0.3) is 0 Å². The molecule has 0 spiro atoms. The minimum atomic E-state index is 1.07. The zero-order valence-corrected chi connectivity index (χ0v) is 16.5. The van der Waals surface area contributed by atoms with Gasteiger partial charge in [-0.3, -0.25) is 0 Å². The SMILES string of the molecule is CCCCCCCCCCCCCCCCCCCCCS. The molecule has 0 amide bonds. The molecule has 0 bridgehead atoms. The first-order chi connectivity index (χ1) is 10.9. The molecular formula is C21H44S. The van der Waals surface area contributed by atoms with E-state index in [-0.39, 0.29) is 0 Å². The Kier molecular flexibility index (Phi) is 21.7. The number of rotatable bonds is 19. The molecule has 0 aliphatic heterocycles. The van der Waals surface area contributed by atoms with Crippen LogP contribution in [0.15, 0.2) is 0 Å². The molecule has 0 aromatic heterocycles. The van der Waals surface area contributed by atoms with Gasteiger partial charge in [-0.05, 0) is 12.2 Å². The van der Waals surface area contributed by atoms with Crippen LogP contribution in [-0.4, -0.2) is 5.75 Å². The van der Waals surface area contributed by atoms with E-state index >= 15 is 0 Å². The molecule has 0 N–H and O–H groups in total. The summed E-state index contributed by atoms with van der Waals surface area (Å²) in [5.41, 5.74) is 0. The number of hydrogen-bond acceptors (Lipinski definition) is 1. The highest BCUT2D eigenvalue weighted by Crippen LogP contribution is 2.14. The lowest BCUT2D eigenvalue weighted by molar-refractivity contribution is 0.525. The first-order valence-corrected chi connectivity index (χ1v) is 11.2. The number of thiol groups is 1. The van der Waals surface area contributed by atoms with Crippen LogP contribution in [0, 0.1) is 0 Å². The van der Waals surface area contributed by atoms with Gasteiger partial charge >= 0.3 is 0 Å². The Morgan fingerprint density at radius 1 is 0.364 bits per heavy atom. The summed E-state index contributed by atoms with van der Waals surface area (Å²) < 4.78 is 0. The summed E-state index contributed by atoms with van der Waals surface area (Å²) in [5, 5.41) is 0. The van der Waals surface area contributed by atoms with Crippen LogP contribution in [0.2, 0.25) is 0 Å².